The van der Waals surface area contributed by atoms with E-state index in [-0.39, 0.29) is 12.5 Å². The molecule has 1 rings (SSSR count). The SMILES string of the molecule is N#CCCNC(=O)COCC1CCCCN1. The summed E-state index contributed by atoms with van der Waals surface area (Å²) in [7, 11) is 0. The van der Waals surface area contributed by atoms with Crippen LogP contribution < -0.4 is 10.6 Å². The van der Waals surface area contributed by atoms with Crippen molar-refractivity contribution in [3.63, 3.8) is 0 Å². The van der Waals surface area contributed by atoms with Crippen molar-refractivity contribution in [3.05, 3.63) is 0 Å². The first-order valence-electron chi connectivity index (χ1n) is 5.77. The molecule has 90 valence electrons. The highest BCUT2D eigenvalue weighted by Crippen LogP contribution is 2.06. The first kappa shape index (κ1) is 12.9. The second-order valence-electron chi connectivity index (χ2n) is 3.92. The van der Waals surface area contributed by atoms with E-state index < -0.39 is 0 Å². The van der Waals surface area contributed by atoms with Crippen molar-refractivity contribution < 1.29 is 9.53 Å². The van der Waals surface area contributed by atoms with Crippen LogP contribution in [-0.2, 0) is 9.53 Å². The fourth-order valence-corrected chi connectivity index (χ4v) is 1.67. The third-order valence-electron chi connectivity index (χ3n) is 2.52. The lowest BCUT2D eigenvalue weighted by atomic mass is 10.1. The Kier molecular flexibility index (Phi) is 6.54. The van der Waals surface area contributed by atoms with Gasteiger partial charge in [0.05, 0.1) is 19.1 Å². The van der Waals surface area contributed by atoms with Crippen LogP contribution >= 0.6 is 0 Å². The highest BCUT2D eigenvalue weighted by Gasteiger charge is 2.12. The molecule has 1 fully saturated rings. The Labute approximate surface area is 96.2 Å². The summed E-state index contributed by atoms with van der Waals surface area (Å²) in [6.45, 7) is 2.12. The van der Waals surface area contributed by atoms with E-state index >= 15 is 0 Å². The van der Waals surface area contributed by atoms with Crippen LogP contribution in [0.2, 0.25) is 0 Å². The maximum absolute atomic E-state index is 11.2. The monoisotopic (exact) mass is 225 g/mol. The van der Waals surface area contributed by atoms with Crippen LogP contribution in [0.5, 0.6) is 0 Å². The van der Waals surface area contributed by atoms with Gasteiger partial charge in [0.2, 0.25) is 5.91 Å². The van der Waals surface area contributed by atoms with Crippen LogP contribution in [-0.4, -0.2) is 38.3 Å². The summed E-state index contributed by atoms with van der Waals surface area (Å²) in [6, 6.07) is 2.35. The van der Waals surface area contributed by atoms with Gasteiger partial charge in [0, 0.05) is 12.6 Å². The molecular weight excluding hydrogens is 206 g/mol. The minimum atomic E-state index is -0.147. The van der Waals surface area contributed by atoms with Gasteiger partial charge in [-0.15, -0.1) is 0 Å². The van der Waals surface area contributed by atoms with Crippen LogP contribution in [0.4, 0.5) is 0 Å². The summed E-state index contributed by atoms with van der Waals surface area (Å²) < 4.78 is 5.31. The number of nitrogens with one attached hydrogen (secondary N) is 2. The van der Waals surface area contributed by atoms with Crippen molar-refractivity contribution in [2.75, 3.05) is 26.3 Å². The topological polar surface area (TPSA) is 74.2 Å². The van der Waals surface area contributed by atoms with E-state index in [2.05, 4.69) is 10.6 Å². The molecule has 1 saturated heterocycles. The zero-order valence-corrected chi connectivity index (χ0v) is 9.50. The van der Waals surface area contributed by atoms with Crippen LogP contribution in [0.3, 0.4) is 0 Å². The molecule has 0 aliphatic carbocycles. The lowest BCUT2D eigenvalue weighted by Crippen LogP contribution is -2.38. The number of hydrogen-bond donors (Lipinski definition) is 2. The molecule has 0 aromatic carbocycles. The third kappa shape index (κ3) is 5.69. The first-order chi connectivity index (χ1) is 7.83. The van der Waals surface area contributed by atoms with Gasteiger partial charge in [-0.1, -0.05) is 6.42 Å². The molecule has 5 nitrogen and oxygen atoms in total. The molecule has 0 spiro atoms. The zero-order chi connectivity index (χ0) is 11.6. The molecule has 1 aliphatic rings. The number of nitrogens with zero attached hydrogens (tertiary/aromatic N) is 1. The molecule has 1 aliphatic heterocycles. The van der Waals surface area contributed by atoms with Crippen LogP contribution in [0, 0.1) is 11.3 Å². The fourth-order valence-electron chi connectivity index (χ4n) is 1.67. The summed E-state index contributed by atoms with van der Waals surface area (Å²) in [4.78, 5) is 11.2. The molecule has 0 radical (unpaired) electrons. The summed E-state index contributed by atoms with van der Waals surface area (Å²) in [5.41, 5.74) is 0. The summed E-state index contributed by atoms with van der Waals surface area (Å²) in [6.07, 6.45) is 3.92. The molecule has 0 aromatic heterocycles. The van der Waals surface area contributed by atoms with Gasteiger partial charge in [-0.25, -0.2) is 0 Å². The van der Waals surface area contributed by atoms with Gasteiger partial charge in [-0.2, -0.15) is 5.26 Å². The number of carbonyl (C=O) groups excluding carboxylic acids is 1. The molecule has 0 saturated carbocycles. The number of nitriles is 1. The third-order valence-corrected chi connectivity index (χ3v) is 2.52. The smallest absolute Gasteiger partial charge is 0.246 e. The lowest BCUT2D eigenvalue weighted by molar-refractivity contribution is -0.125. The average Bonchev–Trinajstić information content (AvgIpc) is 2.31. The molecule has 0 bridgehead atoms. The van der Waals surface area contributed by atoms with Crippen molar-refractivity contribution in [3.8, 4) is 6.07 Å². The largest absolute Gasteiger partial charge is 0.370 e. The van der Waals surface area contributed by atoms with Gasteiger partial charge in [0.15, 0.2) is 0 Å². The Balaban J connectivity index is 1.97. The number of piperidine rings is 1. The van der Waals surface area contributed by atoms with Gasteiger partial charge < -0.3 is 15.4 Å². The van der Waals surface area contributed by atoms with Crippen LogP contribution in [0.15, 0.2) is 0 Å². The van der Waals surface area contributed by atoms with E-state index in [0.29, 0.717) is 25.6 Å². The molecule has 5 heteroatoms. The molecule has 16 heavy (non-hydrogen) atoms. The zero-order valence-electron chi connectivity index (χ0n) is 9.50. The number of hydrogen-bond acceptors (Lipinski definition) is 4. The lowest BCUT2D eigenvalue weighted by Gasteiger charge is -2.22. The van der Waals surface area contributed by atoms with Gasteiger partial charge in [-0.3, -0.25) is 4.79 Å². The maximum atomic E-state index is 11.2. The standard InChI is InChI=1S/C11H19N3O2/c12-5-3-7-14-11(15)9-16-8-10-4-1-2-6-13-10/h10,13H,1-4,6-9H2,(H,14,15). The van der Waals surface area contributed by atoms with Crippen molar-refractivity contribution >= 4 is 5.91 Å². The predicted molar refractivity (Wildman–Crippen MR) is 59.7 cm³/mol. The molecular formula is C11H19N3O2. The first-order valence-corrected chi connectivity index (χ1v) is 5.77. The molecule has 2 N–H and O–H groups in total. The van der Waals surface area contributed by atoms with Gasteiger partial charge in [0.1, 0.15) is 6.61 Å². The van der Waals surface area contributed by atoms with E-state index in [1.807, 2.05) is 6.07 Å². The Bertz CT molecular complexity index is 244. The fraction of sp³-hybridized carbons (Fsp3) is 0.818. The maximum Gasteiger partial charge on any atom is 0.246 e. The van der Waals surface area contributed by atoms with Crippen molar-refractivity contribution in [2.24, 2.45) is 0 Å². The number of carbonyl (C=O) groups is 1. The average molecular weight is 225 g/mol. The molecule has 1 unspecified atom stereocenters. The van der Waals surface area contributed by atoms with Crippen LogP contribution in [0.25, 0.3) is 0 Å². The number of ether oxygens (including phenoxy) is 1. The minimum absolute atomic E-state index is 0.0869. The van der Waals surface area contributed by atoms with E-state index in [1.54, 1.807) is 0 Å². The normalized spacial score (nSPS) is 20.1. The highest BCUT2D eigenvalue weighted by atomic mass is 16.5. The van der Waals surface area contributed by atoms with Gasteiger partial charge >= 0.3 is 0 Å². The van der Waals surface area contributed by atoms with E-state index in [1.165, 1.54) is 12.8 Å². The molecule has 0 aromatic rings. The second kappa shape index (κ2) is 8.08. The number of rotatable bonds is 6. The Morgan fingerprint density at radius 2 is 2.44 bits per heavy atom. The van der Waals surface area contributed by atoms with E-state index in [4.69, 9.17) is 10.00 Å². The predicted octanol–water partition coefficient (Wildman–Crippen LogP) is 0.175. The Morgan fingerprint density at radius 1 is 1.56 bits per heavy atom. The highest BCUT2D eigenvalue weighted by molar-refractivity contribution is 5.77. The molecule has 1 amide bonds. The quantitative estimate of drug-likeness (QED) is 0.632. The van der Waals surface area contributed by atoms with E-state index in [0.717, 1.165) is 13.0 Å². The Morgan fingerprint density at radius 3 is 3.12 bits per heavy atom. The van der Waals surface area contributed by atoms with E-state index in [9.17, 15) is 4.79 Å². The summed E-state index contributed by atoms with van der Waals surface area (Å²) in [5.74, 6) is -0.147. The molecule has 1 atom stereocenters. The van der Waals surface area contributed by atoms with Gasteiger partial charge in [-0.05, 0) is 19.4 Å². The Hall–Kier alpha value is -1.12. The summed E-state index contributed by atoms with van der Waals surface area (Å²) >= 11 is 0. The minimum Gasteiger partial charge on any atom is -0.370 e. The van der Waals surface area contributed by atoms with Crippen molar-refractivity contribution in [1.82, 2.24) is 10.6 Å². The van der Waals surface area contributed by atoms with Crippen molar-refractivity contribution in [1.29, 1.82) is 5.26 Å². The number of amides is 1. The van der Waals surface area contributed by atoms with Gasteiger partial charge in [0.25, 0.3) is 0 Å². The second-order valence-corrected chi connectivity index (χ2v) is 3.92. The summed E-state index contributed by atoms with van der Waals surface area (Å²) in [5, 5.41) is 14.2. The van der Waals surface area contributed by atoms with Crippen molar-refractivity contribution in [2.45, 2.75) is 31.7 Å². The van der Waals surface area contributed by atoms with Crippen LogP contribution in [0.1, 0.15) is 25.7 Å². The molecule has 1 heterocycles.